The zero-order valence-corrected chi connectivity index (χ0v) is 15.0. The van der Waals surface area contributed by atoms with Crippen molar-refractivity contribution < 1.29 is 14.6 Å². The molecule has 0 fully saturated rings. The molecule has 0 aliphatic carbocycles. The summed E-state index contributed by atoms with van der Waals surface area (Å²) in [5, 5.41) is 22.1. The highest BCUT2D eigenvalue weighted by atomic mass is 16.6. The third kappa shape index (κ3) is 3.05. The summed E-state index contributed by atoms with van der Waals surface area (Å²) in [5.74, 6) is -0.524. The molecule has 1 aliphatic heterocycles. The molecule has 0 atom stereocenters. The van der Waals surface area contributed by atoms with Gasteiger partial charge >= 0.3 is 0 Å². The highest BCUT2D eigenvalue weighted by Crippen LogP contribution is 2.46. The summed E-state index contributed by atoms with van der Waals surface area (Å²) in [4.78, 5) is 35.3. The Morgan fingerprint density at radius 3 is 2.11 bits per heavy atom. The predicted molar refractivity (Wildman–Crippen MR) is 100 cm³/mol. The summed E-state index contributed by atoms with van der Waals surface area (Å²) in [6.45, 7) is 3.95. The van der Waals surface area contributed by atoms with E-state index in [1.807, 2.05) is 50.1 Å². The Kier molecular flexibility index (Phi) is 4.27. The fourth-order valence-electron chi connectivity index (χ4n) is 3.41. The van der Waals surface area contributed by atoms with E-state index in [9.17, 15) is 25.0 Å². The first-order valence-corrected chi connectivity index (χ1v) is 8.16. The number of carbonyl (C=O) groups is 1. The number of para-hydroxylation sites is 1. The molecule has 0 N–H and O–H groups in total. The molecule has 0 aromatic heterocycles. The van der Waals surface area contributed by atoms with Gasteiger partial charge < -0.3 is 4.90 Å². The van der Waals surface area contributed by atoms with E-state index in [1.165, 1.54) is 6.08 Å². The van der Waals surface area contributed by atoms with Crippen LogP contribution in [-0.2, 0) is 5.41 Å². The van der Waals surface area contributed by atoms with Crippen LogP contribution < -0.4 is 4.90 Å². The van der Waals surface area contributed by atoms with E-state index in [2.05, 4.69) is 0 Å². The van der Waals surface area contributed by atoms with Gasteiger partial charge in [0.15, 0.2) is 5.78 Å². The number of nitrogens with zero attached hydrogens (tertiary/aromatic N) is 3. The molecular formula is C19H17N3O5. The Hall–Kier alpha value is -3.55. The number of fused-ring (bicyclic) bond motifs is 1. The molecule has 2 aromatic rings. The van der Waals surface area contributed by atoms with Crippen LogP contribution in [0.2, 0.25) is 0 Å². The lowest BCUT2D eigenvalue weighted by Crippen LogP contribution is -2.24. The average Bonchev–Trinajstić information content (AvgIpc) is 2.82. The Morgan fingerprint density at radius 1 is 1.04 bits per heavy atom. The summed E-state index contributed by atoms with van der Waals surface area (Å²) in [6.07, 6.45) is 1.39. The van der Waals surface area contributed by atoms with Crippen LogP contribution in [0.15, 0.2) is 54.2 Å². The molecule has 0 unspecified atom stereocenters. The van der Waals surface area contributed by atoms with Gasteiger partial charge in [0.05, 0.1) is 15.9 Å². The lowest BCUT2D eigenvalue weighted by atomic mass is 9.83. The summed E-state index contributed by atoms with van der Waals surface area (Å²) >= 11 is 0. The first kappa shape index (κ1) is 18.2. The molecule has 8 heteroatoms. The highest BCUT2D eigenvalue weighted by molar-refractivity contribution is 6.06. The Morgan fingerprint density at radius 2 is 1.59 bits per heavy atom. The van der Waals surface area contributed by atoms with Crippen LogP contribution in [0.25, 0.3) is 0 Å². The number of ketones is 1. The van der Waals surface area contributed by atoms with Crippen molar-refractivity contribution >= 4 is 22.8 Å². The molecule has 3 rings (SSSR count). The largest absolute Gasteiger partial charge is 0.347 e. The molecule has 1 aliphatic rings. The van der Waals surface area contributed by atoms with Gasteiger partial charge in [0.2, 0.25) is 0 Å². The van der Waals surface area contributed by atoms with Crippen molar-refractivity contribution in [3.05, 3.63) is 85.6 Å². The predicted octanol–water partition coefficient (Wildman–Crippen LogP) is 4.00. The second-order valence-corrected chi connectivity index (χ2v) is 6.85. The van der Waals surface area contributed by atoms with E-state index in [0.717, 1.165) is 29.4 Å². The van der Waals surface area contributed by atoms with Gasteiger partial charge in [-0.15, -0.1) is 0 Å². The molecular weight excluding hydrogens is 350 g/mol. The summed E-state index contributed by atoms with van der Waals surface area (Å²) < 4.78 is 0. The van der Waals surface area contributed by atoms with Crippen LogP contribution in [0.4, 0.5) is 17.1 Å². The van der Waals surface area contributed by atoms with Gasteiger partial charge in [-0.2, -0.15) is 0 Å². The van der Waals surface area contributed by atoms with Gasteiger partial charge in [0, 0.05) is 47.6 Å². The molecule has 0 bridgehead atoms. The summed E-state index contributed by atoms with van der Waals surface area (Å²) in [6, 6.07) is 10.7. The molecule has 0 saturated carbocycles. The smallest absolute Gasteiger partial charge is 0.277 e. The lowest BCUT2D eigenvalue weighted by molar-refractivity contribution is -0.394. The number of anilines is 1. The second-order valence-electron chi connectivity index (χ2n) is 6.85. The number of carbonyl (C=O) groups excluding carboxylic acids is 1. The number of rotatable bonds is 4. The van der Waals surface area contributed by atoms with Crippen molar-refractivity contribution in [1.82, 2.24) is 0 Å². The minimum Gasteiger partial charge on any atom is -0.347 e. The van der Waals surface area contributed by atoms with Gasteiger partial charge in [-0.1, -0.05) is 32.0 Å². The van der Waals surface area contributed by atoms with Gasteiger partial charge in [-0.25, -0.2) is 0 Å². The third-order valence-electron chi connectivity index (χ3n) is 4.82. The van der Waals surface area contributed by atoms with Gasteiger partial charge in [-0.3, -0.25) is 25.0 Å². The number of benzene rings is 2. The molecule has 8 nitrogen and oxygen atoms in total. The first-order chi connectivity index (χ1) is 12.6. The van der Waals surface area contributed by atoms with Gasteiger partial charge in [-0.05, 0) is 11.6 Å². The van der Waals surface area contributed by atoms with Crippen molar-refractivity contribution in [2.24, 2.45) is 0 Å². The molecule has 0 radical (unpaired) electrons. The van der Waals surface area contributed by atoms with E-state index < -0.39 is 32.4 Å². The van der Waals surface area contributed by atoms with E-state index >= 15 is 0 Å². The summed E-state index contributed by atoms with van der Waals surface area (Å²) in [7, 11) is 1.84. The van der Waals surface area contributed by atoms with Crippen LogP contribution >= 0.6 is 0 Å². The lowest BCUT2D eigenvalue weighted by Gasteiger charge is -2.23. The molecule has 27 heavy (non-hydrogen) atoms. The van der Waals surface area contributed by atoms with Crippen molar-refractivity contribution in [2.75, 3.05) is 11.9 Å². The summed E-state index contributed by atoms with van der Waals surface area (Å²) in [5.41, 5.74) is 1.20. The second kappa shape index (κ2) is 6.31. The maximum absolute atomic E-state index is 12.8. The number of likely N-dealkylation sites (N-methyl/N-ethyl adjacent to an activating group) is 1. The minimum atomic E-state index is -0.752. The standard InChI is InChI=1S/C19H17N3O5/c1-19(2)15-6-4-5-7-16(15)20(3)18(19)11-17(23)12-8-13(21(24)25)10-14(9-12)22(26)27/h4-11H,1-3H3. The monoisotopic (exact) mass is 367 g/mol. The topological polar surface area (TPSA) is 107 Å². The Bertz CT molecular complexity index is 978. The molecule has 0 spiro atoms. The Balaban J connectivity index is 2.08. The van der Waals surface area contributed by atoms with E-state index in [1.54, 1.807) is 0 Å². The van der Waals surface area contributed by atoms with Crippen LogP contribution in [-0.4, -0.2) is 22.7 Å². The molecule has 2 aromatic carbocycles. The number of hydrogen-bond acceptors (Lipinski definition) is 6. The maximum atomic E-state index is 12.8. The normalized spacial score (nSPS) is 16.3. The van der Waals surface area contributed by atoms with Crippen LogP contribution in [0.1, 0.15) is 29.8 Å². The fourth-order valence-corrected chi connectivity index (χ4v) is 3.41. The molecule has 1 heterocycles. The number of hydrogen-bond donors (Lipinski definition) is 0. The molecule has 0 saturated heterocycles. The number of nitro benzene ring substituents is 2. The highest BCUT2D eigenvalue weighted by Gasteiger charge is 2.38. The molecule has 0 amide bonds. The zero-order valence-electron chi connectivity index (χ0n) is 15.0. The number of allylic oxidation sites excluding steroid dienone is 2. The minimum absolute atomic E-state index is 0.0939. The third-order valence-corrected chi connectivity index (χ3v) is 4.82. The van der Waals surface area contributed by atoms with E-state index in [-0.39, 0.29) is 5.56 Å². The maximum Gasteiger partial charge on any atom is 0.277 e. The number of nitro groups is 2. The van der Waals surface area contributed by atoms with Crippen LogP contribution in [0.3, 0.4) is 0 Å². The first-order valence-electron chi connectivity index (χ1n) is 8.16. The van der Waals surface area contributed by atoms with Crippen LogP contribution in [0, 0.1) is 20.2 Å². The number of non-ortho nitro benzene ring substituents is 2. The van der Waals surface area contributed by atoms with Crippen molar-refractivity contribution in [2.45, 2.75) is 19.3 Å². The van der Waals surface area contributed by atoms with Crippen LogP contribution in [0.5, 0.6) is 0 Å². The van der Waals surface area contributed by atoms with E-state index in [4.69, 9.17) is 0 Å². The van der Waals surface area contributed by atoms with Gasteiger partial charge in [0.1, 0.15) is 0 Å². The van der Waals surface area contributed by atoms with Crippen molar-refractivity contribution in [1.29, 1.82) is 0 Å². The molecule has 138 valence electrons. The quantitative estimate of drug-likeness (QED) is 0.350. The average molecular weight is 367 g/mol. The van der Waals surface area contributed by atoms with Crippen molar-refractivity contribution in [3.8, 4) is 0 Å². The Labute approximate surface area is 155 Å². The fraction of sp³-hybridized carbons (Fsp3) is 0.211. The van der Waals surface area contributed by atoms with Crippen molar-refractivity contribution in [3.63, 3.8) is 0 Å². The SMILES string of the molecule is CN1C(=CC(=O)c2cc([N+](=O)[O-])cc([N+](=O)[O-])c2)C(C)(C)c2ccccc21. The van der Waals surface area contributed by atoms with Gasteiger partial charge in [0.25, 0.3) is 11.4 Å². The van der Waals surface area contributed by atoms with E-state index in [0.29, 0.717) is 5.70 Å². The zero-order chi connectivity index (χ0) is 19.9.